The molecule has 1 saturated heterocycles. The lowest BCUT2D eigenvalue weighted by Gasteiger charge is -2.12. The molecule has 0 atom stereocenters. The summed E-state index contributed by atoms with van der Waals surface area (Å²) in [7, 11) is -3.88. The van der Waals surface area contributed by atoms with Crippen LogP contribution >= 0.6 is 0 Å². The molecule has 1 fully saturated rings. The number of rotatable bonds is 4. The summed E-state index contributed by atoms with van der Waals surface area (Å²) in [6.45, 7) is 1.35. The van der Waals surface area contributed by atoms with E-state index in [0.717, 1.165) is 12.8 Å². The monoisotopic (exact) mass is 321 g/mol. The number of furan rings is 1. The van der Waals surface area contributed by atoms with Crippen molar-refractivity contribution in [3.8, 4) is 0 Å². The molecule has 1 N–H and O–H groups in total. The second-order valence-corrected chi connectivity index (χ2v) is 6.58. The molecule has 3 rings (SSSR count). The van der Waals surface area contributed by atoms with Crippen molar-refractivity contribution in [2.45, 2.75) is 17.9 Å². The van der Waals surface area contributed by atoms with E-state index >= 15 is 0 Å². The van der Waals surface area contributed by atoms with Gasteiger partial charge < -0.3 is 9.32 Å². The molecule has 0 saturated carbocycles. The van der Waals surface area contributed by atoms with Crippen molar-refractivity contribution in [3.63, 3.8) is 0 Å². The van der Waals surface area contributed by atoms with Crippen LogP contribution in [0.2, 0.25) is 0 Å². The lowest BCUT2D eigenvalue weighted by Crippen LogP contribution is -2.27. The van der Waals surface area contributed by atoms with E-state index in [2.05, 4.69) is 9.71 Å². The Balaban J connectivity index is 1.79. The van der Waals surface area contributed by atoms with Crippen molar-refractivity contribution >= 4 is 21.6 Å². The number of hydrogen-bond acceptors (Lipinski definition) is 5. The minimum Gasteiger partial charge on any atom is -0.438 e. The number of nitrogens with one attached hydrogen (secondary N) is 1. The van der Waals surface area contributed by atoms with Gasteiger partial charge in [-0.05, 0) is 37.1 Å². The lowest BCUT2D eigenvalue weighted by atomic mass is 10.4. The number of nitrogens with zero attached hydrogens (tertiary/aromatic N) is 2. The van der Waals surface area contributed by atoms with Gasteiger partial charge in [-0.3, -0.25) is 14.5 Å². The molecule has 22 heavy (non-hydrogen) atoms. The Morgan fingerprint density at radius 1 is 1.23 bits per heavy atom. The summed E-state index contributed by atoms with van der Waals surface area (Å²) in [5.74, 6) is -0.242. The highest BCUT2D eigenvalue weighted by atomic mass is 32.2. The van der Waals surface area contributed by atoms with Crippen LogP contribution in [0.3, 0.4) is 0 Å². The number of likely N-dealkylation sites (tertiary alicyclic amines) is 1. The van der Waals surface area contributed by atoms with Crippen molar-refractivity contribution in [1.82, 2.24) is 9.88 Å². The standard InChI is InChI=1S/C14H15N3O4S/c18-14(17-8-1-2-9-17)12-5-6-13(21-12)22(19,20)16-11-4-3-7-15-10-11/h3-7,10,16H,1-2,8-9H2. The normalized spacial score (nSPS) is 15.0. The van der Waals surface area contributed by atoms with Crippen molar-refractivity contribution in [2.75, 3.05) is 17.8 Å². The van der Waals surface area contributed by atoms with Gasteiger partial charge in [0.05, 0.1) is 11.9 Å². The van der Waals surface area contributed by atoms with Gasteiger partial charge in [-0.25, -0.2) is 0 Å². The van der Waals surface area contributed by atoms with E-state index in [1.807, 2.05) is 0 Å². The third-order valence-corrected chi connectivity index (χ3v) is 4.62. The van der Waals surface area contributed by atoms with E-state index < -0.39 is 10.0 Å². The summed E-state index contributed by atoms with van der Waals surface area (Å²) in [5, 5.41) is -0.293. The maximum absolute atomic E-state index is 12.2. The number of carbonyl (C=O) groups excluding carboxylic acids is 1. The van der Waals surface area contributed by atoms with Gasteiger partial charge in [-0.1, -0.05) is 0 Å². The quantitative estimate of drug-likeness (QED) is 0.925. The third-order valence-electron chi connectivity index (χ3n) is 3.36. The number of hydrogen-bond donors (Lipinski definition) is 1. The van der Waals surface area contributed by atoms with Crippen LogP contribution in [0.5, 0.6) is 0 Å². The van der Waals surface area contributed by atoms with Crippen LogP contribution < -0.4 is 4.72 Å². The molecule has 0 bridgehead atoms. The van der Waals surface area contributed by atoms with Crippen LogP contribution in [0.4, 0.5) is 5.69 Å². The van der Waals surface area contributed by atoms with Crippen LogP contribution in [0.1, 0.15) is 23.4 Å². The number of aromatic nitrogens is 1. The lowest BCUT2D eigenvalue weighted by molar-refractivity contribution is 0.0755. The summed E-state index contributed by atoms with van der Waals surface area (Å²) >= 11 is 0. The highest BCUT2D eigenvalue weighted by Crippen LogP contribution is 2.20. The maximum atomic E-state index is 12.2. The van der Waals surface area contributed by atoms with E-state index in [1.165, 1.54) is 24.5 Å². The molecule has 0 radical (unpaired) electrons. The number of sulfonamides is 1. The predicted molar refractivity (Wildman–Crippen MR) is 78.9 cm³/mol. The van der Waals surface area contributed by atoms with Gasteiger partial charge in [-0.2, -0.15) is 8.42 Å². The fraction of sp³-hybridized carbons (Fsp3) is 0.286. The molecule has 1 amide bonds. The zero-order chi connectivity index (χ0) is 15.6. The molecule has 1 aliphatic rings. The van der Waals surface area contributed by atoms with Crippen LogP contribution in [0.15, 0.2) is 46.2 Å². The molecule has 0 spiro atoms. The first-order chi connectivity index (χ1) is 10.6. The molecule has 7 nitrogen and oxygen atoms in total. The van der Waals surface area contributed by atoms with Crippen molar-refractivity contribution in [2.24, 2.45) is 0 Å². The number of pyridine rings is 1. The highest BCUT2D eigenvalue weighted by Gasteiger charge is 2.25. The van der Waals surface area contributed by atoms with Crippen LogP contribution in [-0.4, -0.2) is 37.3 Å². The van der Waals surface area contributed by atoms with Gasteiger partial charge in [0.1, 0.15) is 0 Å². The van der Waals surface area contributed by atoms with Gasteiger partial charge in [0.2, 0.25) is 5.09 Å². The van der Waals surface area contributed by atoms with Crippen molar-refractivity contribution < 1.29 is 17.6 Å². The van der Waals surface area contributed by atoms with E-state index in [-0.39, 0.29) is 16.8 Å². The van der Waals surface area contributed by atoms with Crippen LogP contribution in [0, 0.1) is 0 Å². The number of anilines is 1. The second-order valence-electron chi connectivity index (χ2n) is 4.97. The minimum absolute atomic E-state index is 0.0356. The summed E-state index contributed by atoms with van der Waals surface area (Å²) in [4.78, 5) is 17.6. The van der Waals surface area contributed by atoms with Gasteiger partial charge in [0, 0.05) is 19.3 Å². The molecule has 1 aliphatic heterocycles. The fourth-order valence-corrected chi connectivity index (χ4v) is 3.26. The Labute approximate surface area is 128 Å². The largest absolute Gasteiger partial charge is 0.438 e. The molecule has 0 unspecified atom stereocenters. The highest BCUT2D eigenvalue weighted by molar-refractivity contribution is 7.92. The van der Waals surface area contributed by atoms with Gasteiger partial charge in [-0.15, -0.1) is 0 Å². The molecule has 3 heterocycles. The van der Waals surface area contributed by atoms with E-state index in [0.29, 0.717) is 18.8 Å². The first kappa shape index (κ1) is 14.6. The summed E-state index contributed by atoms with van der Waals surface area (Å²) in [5.41, 5.74) is 0.325. The Hall–Kier alpha value is -2.35. The summed E-state index contributed by atoms with van der Waals surface area (Å²) < 4.78 is 32.0. The van der Waals surface area contributed by atoms with Crippen molar-refractivity contribution in [3.05, 3.63) is 42.4 Å². The Morgan fingerprint density at radius 2 is 2.00 bits per heavy atom. The molecule has 2 aromatic rings. The first-order valence-corrected chi connectivity index (χ1v) is 8.36. The first-order valence-electron chi connectivity index (χ1n) is 6.88. The predicted octanol–water partition coefficient (Wildman–Crippen LogP) is 1.71. The molecular formula is C14H15N3O4S. The summed E-state index contributed by atoms with van der Waals surface area (Å²) in [6, 6.07) is 5.85. The molecular weight excluding hydrogens is 306 g/mol. The topological polar surface area (TPSA) is 92.5 Å². The zero-order valence-corrected chi connectivity index (χ0v) is 12.5. The number of carbonyl (C=O) groups is 1. The molecule has 8 heteroatoms. The van der Waals surface area contributed by atoms with E-state index in [1.54, 1.807) is 17.0 Å². The zero-order valence-electron chi connectivity index (χ0n) is 11.7. The Morgan fingerprint density at radius 3 is 2.68 bits per heavy atom. The average Bonchev–Trinajstić information content (AvgIpc) is 3.19. The average molecular weight is 321 g/mol. The van der Waals surface area contributed by atoms with Gasteiger partial charge in [0.25, 0.3) is 15.9 Å². The van der Waals surface area contributed by atoms with Gasteiger partial charge >= 0.3 is 0 Å². The number of amides is 1. The van der Waals surface area contributed by atoms with E-state index in [4.69, 9.17) is 4.42 Å². The second kappa shape index (κ2) is 5.80. The molecule has 116 valence electrons. The SMILES string of the molecule is O=C(c1ccc(S(=O)(=O)Nc2cccnc2)o1)N1CCCC1. The molecule has 0 aromatic carbocycles. The van der Waals surface area contributed by atoms with Crippen LogP contribution in [0.25, 0.3) is 0 Å². The minimum atomic E-state index is -3.88. The Bertz CT molecular complexity index is 764. The fourth-order valence-electron chi connectivity index (χ4n) is 2.28. The van der Waals surface area contributed by atoms with Gasteiger partial charge in [0.15, 0.2) is 5.76 Å². The Kier molecular flexibility index (Phi) is 3.84. The van der Waals surface area contributed by atoms with E-state index in [9.17, 15) is 13.2 Å². The summed E-state index contributed by atoms with van der Waals surface area (Å²) in [6.07, 6.45) is 4.84. The van der Waals surface area contributed by atoms with Crippen LogP contribution in [-0.2, 0) is 10.0 Å². The molecule has 0 aliphatic carbocycles. The van der Waals surface area contributed by atoms with Crippen molar-refractivity contribution in [1.29, 1.82) is 0 Å². The smallest absolute Gasteiger partial charge is 0.295 e. The molecule has 2 aromatic heterocycles. The third kappa shape index (κ3) is 2.96. The maximum Gasteiger partial charge on any atom is 0.295 e.